The van der Waals surface area contributed by atoms with Crippen LogP contribution >= 0.6 is 0 Å². The smallest absolute Gasteiger partial charge is 0.274 e. The van der Waals surface area contributed by atoms with E-state index in [1.165, 1.54) is 73.8 Å². The van der Waals surface area contributed by atoms with Crippen LogP contribution in [0.3, 0.4) is 0 Å². The van der Waals surface area contributed by atoms with Crippen molar-refractivity contribution < 1.29 is 39.5 Å². The van der Waals surface area contributed by atoms with Crippen LogP contribution in [0, 0.1) is 15.3 Å². The molecule has 3 aliphatic heterocycles. The van der Waals surface area contributed by atoms with Crippen LogP contribution in [0.25, 0.3) is 6.08 Å². The number of aromatic hydroxyl groups is 1. The largest absolute Gasteiger partial charge is 0.595 e. The Morgan fingerprint density at radius 2 is 1.32 bits per heavy atom. The fraction of sp³-hybridized carbons (Fsp3) is 0.268. The molecule has 0 amide bonds. The Morgan fingerprint density at radius 3 is 1.93 bits per heavy atom. The molecular formula is C56H56N4O9. The van der Waals surface area contributed by atoms with Gasteiger partial charge in [-0.25, -0.2) is 5.21 Å². The molecule has 6 aromatic carbocycles. The van der Waals surface area contributed by atoms with Gasteiger partial charge in [-0.3, -0.25) is 19.8 Å². The van der Waals surface area contributed by atoms with Gasteiger partial charge >= 0.3 is 0 Å². The number of para-hydroxylation sites is 4. The Morgan fingerprint density at radius 1 is 0.739 bits per heavy atom. The second kappa shape index (κ2) is 19.3. The maximum atomic E-state index is 11.7. The molecule has 3 N–H and O–H groups in total. The fourth-order valence-electron chi connectivity index (χ4n) is 11.4. The zero-order chi connectivity index (χ0) is 48.3. The summed E-state index contributed by atoms with van der Waals surface area (Å²) < 4.78 is 17.4. The number of phenols is 1. The van der Waals surface area contributed by atoms with Gasteiger partial charge in [-0.2, -0.15) is 5.23 Å². The number of aldehydes is 1. The third-order valence-electron chi connectivity index (χ3n) is 14.5. The summed E-state index contributed by atoms with van der Waals surface area (Å²) >= 11 is 0. The monoisotopic (exact) mass is 928 g/mol. The summed E-state index contributed by atoms with van der Waals surface area (Å²) in [6.07, 6.45) is 16.5. The van der Waals surface area contributed by atoms with Crippen LogP contribution in [0.2, 0.25) is 0 Å². The lowest BCUT2D eigenvalue weighted by molar-refractivity contribution is -0.991. The van der Waals surface area contributed by atoms with E-state index in [0.717, 1.165) is 54.8 Å². The molecule has 0 bridgehead atoms. The quantitative estimate of drug-likeness (QED) is 0.0793. The standard InChI is InChI=1S/C28H28N2O4.C20H21N.C8H7NO5/c1-33-25-19-22(30(31)32)18-20-14-17-28(34-26(20)25)27(15-8-3-9-16-27)23-12-6-7-13-24(23)29(28)21-10-4-2-5-11-21;1-16-20(14-8-3-9-15-20)18-12-6-7-13-19(18)21(16)17-10-4-2-5-11-17;1-14-7-3-6(9(12)13)2-5(4-10)8(7)11/h2,4-7,10-14,17-19,30-31H,3,8-9,15-16H2,1H3;2,4-7,10-13H,1,3,8-9,14-15H2;2-4,11H,1H3. The van der Waals surface area contributed by atoms with E-state index in [1.807, 2.05) is 12.1 Å². The molecule has 2 fully saturated rings. The molecule has 3 heterocycles. The van der Waals surface area contributed by atoms with Gasteiger partial charge in [0.05, 0.1) is 36.2 Å². The van der Waals surface area contributed by atoms with Crippen molar-refractivity contribution in [2.24, 2.45) is 0 Å². The molecule has 13 nitrogen and oxygen atoms in total. The zero-order valence-corrected chi connectivity index (χ0v) is 38.8. The number of methoxy groups -OCH3 is 2. The Kier molecular flexibility index (Phi) is 13.0. The van der Waals surface area contributed by atoms with Gasteiger partial charge in [0.15, 0.2) is 35.0 Å². The second-order valence-electron chi connectivity index (χ2n) is 18.1. The van der Waals surface area contributed by atoms with Gasteiger partial charge in [-0.05, 0) is 85.4 Å². The van der Waals surface area contributed by atoms with E-state index in [4.69, 9.17) is 9.47 Å². The first kappa shape index (κ1) is 46.7. The van der Waals surface area contributed by atoms with Crippen molar-refractivity contribution in [3.8, 4) is 23.0 Å². The summed E-state index contributed by atoms with van der Waals surface area (Å²) in [5, 5.41) is 40.0. The van der Waals surface area contributed by atoms with Gasteiger partial charge in [-0.15, -0.1) is 0 Å². The number of nitrogens with one attached hydrogen (secondary N) is 1. The Labute approximate surface area is 401 Å². The number of anilines is 4. The number of rotatable bonds is 7. The Hall–Kier alpha value is -7.45. The summed E-state index contributed by atoms with van der Waals surface area (Å²) in [5.74, 6) is 0.539. The summed E-state index contributed by atoms with van der Waals surface area (Å²) in [6.45, 7) is 4.53. The number of quaternary nitrogens is 1. The van der Waals surface area contributed by atoms with Crippen molar-refractivity contribution in [2.75, 3.05) is 24.0 Å². The minimum atomic E-state index is -0.988. The lowest BCUT2D eigenvalue weighted by atomic mass is 9.64. The highest BCUT2D eigenvalue weighted by molar-refractivity contribution is 5.83. The first-order chi connectivity index (χ1) is 33.5. The molecule has 3 spiro atoms. The fourth-order valence-corrected chi connectivity index (χ4v) is 11.4. The highest BCUT2D eigenvalue weighted by Crippen LogP contribution is 2.63. The van der Waals surface area contributed by atoms with E-state index in [1.54, 1.807) is 19.2 Å². The summed E-state index contributed by atoms with van der Waals surface area (Å²) in [7, 11) is 2.80. The van der Waals surface area contributed by atoms with Gasteiger partial charge in [0, 0.05) is 57.6 Å². The summed E-state index contributed by atoms with van der Waals surface area (Å²) in [4.78, 5) is 24.9. The second-order valence-corrected chi connectivity index (χ2v) is 18.1. The summed E-state index contributed by atoms with van der Waals surface area (Å²) in [6, 6.07) is 43.8. The predicted octanol–water partition coefficient (Wildman–Crippen LogP) is 11.9. The molecule has 2 unspecified atom stereocenters. The van der Waals surface area contributed by atoms with Gasteiger partial charge in [0.2, 0.25) is 5.72 Å². The topological polar surface area (TPSA) is 162 Å². The van der Waals surface area contributed by atoms with Crippen molar-refractivity contribution in [2.45, 2.75) is 80.8 Å². The molecule has 354 valence electrons. The number of fused-ring (bicyclic) bond motifs is 6. The zero-order valence-electron chi connectivity index (χ0n) is 38.8. The normalized spacial score (nSPS) is 19.2. The van der Waals surface area contributed by atoms with E-state index < -0.39 is 21.6 Å². The van der Waals surface area contributed by atoms with Crippen molar-refractivity contribution in [1.29, 1.82) is 0 Å². The number of phenolic OH excluding ortho intramolecular Hbond substituents is 1. The lowest BCUT2D eigenvalue weighted by Crippen LogP contribution is -2.99. The molecular weight excluding hydrogens is 873 g/mol. The van der Waals surface area contributed by atoms with Crippen LogP contribution in [0.15, 0.2) is 152 Å². The minimum Gasteiger partial charge on any atom is -0.595 e. The van der Waals surface area contributed by atoms with E-state index in [0.29, 0.717) is 17.8 Å². The van der Waals surface area contributed by atoms with E-state index in [2.05, 4.69) is 130 Å². The van der Waals surface area contributed by atoms with Crippen molar-refractivity contribution in [3.63, 3.8) is 0 Å². The molecule has 6 aromatic rings. The number of nitro benzene ring substituents is 1. The number of non-ortho nitro benzene ring substituents is 1. The molecule has 2 saturated carbocycles. The lowest BCUT2D eigenvalue weighted by Gasteiger charge is -2.51. The molecule has 13 heteroatoms. The molecule has 69 heavy (non-hydrogen) atoms. The number of allylic oxidation sites excluding steroid dienone is 1. The maximum absolute atomic E-state index is 11.7. The number of nitro groups is 1. The van der Waals surface area contributed by atoms with Crippen molar-refractivity contribution in [1.82, 2.24) is 0 Å². The number of nitrogens with zero attached hydrogens (tertiary/aromatic N) is 3. The molecule has 0 aromatic heterocycles. The number of hydrogen-bond acceptors (Lipinski definition) is 11. The van der Waals surface area contributed by atoms with Crippen molar-refractivity contribution in [3.05, 3.63) is 189 Å². The number of carbonyl (C=O) groups is 1. The number of carbonyl (C=O) groups excluding carboxylic acids is 1. The van der Waals surface area contributed by atoms with Crippen LogP contribution in [-0.4, -0.2) is 41.5 Å². The Balaban J connectivity index is 0.000000144. The number of ether oxygens (including phenoxy) is 3. The average molecular weight is 929 g/mol. The van der Waals surface area contributed by atoms with Crippen LogP contribution in [0.5, 0.6) is 23.0 Å². The van der Waals surface area contributed by atoms with Gasteiger partial charge in [0.1, 0.15) is 0 Å². The minimum absolute atomic E-state index is 0.0960. The van der Waals surface area contributed by atoms with E-state index in [9.17, 15) is 30.4 Å². The van der Waals surface area contributed by atoms with Gasteiger partial charge in [-0.1, -0.05) is 118 Å². The molecule has 0 radical (unpaired) electrons. The molecule has 5 aliphatic rings. The molecule has 2 aliphatic carbocycles. The first-order valence-corrected chi connectivity index (χ1v) is 23.5. The maximum Gasteiger partial charge on any atom is 0.274 e. The highest BCUT2D eigenvalue weighted by Gasteiger charge is 2.64. The predicted molar refractivity (Wildman–Crippen MR) is 267 cm³/mol. The van der Waals surface area contributed by atoms with E-state index in [-0.39, 0.29) is 33.5 Å². The van der Waals surface area contributed by atoms with E-state index >= 15 is 0 Å². The third-order valence-corrected chi connectivity index (χ3v) is 14.5. The highest BCUT2D eigenvalue weighted by atomic mass is 16.8. The SMILES string of the molecule is C=C1N(c2ccccc2)c2ccccc2C12CCCCC2.COc1cc([N+](=O)[O-])cc(C=O)c1O.COc1cc([NH+]([O-])O)cc2c1OC1(C=C2)N(c2ccccc2)c2ccccc2C12CCCCC2. The van der Waals surface area contributed by atoms with Crippen molar-refractivity contribution >= 4 is 46.5 Å². The summed E-state index contributed by atoms with van der Waals surface area (Å²) in [5.41, 5.74) is 8.43. The van der Waals surface area contributed by atoms with Gasteiger partial charge in [0.25, 0.3) is 5.69 Å². The molecule has 2 atom stereocenters. The van der Waals surface area contributed by atoms with Crippen LogP contribution in [-0.2, 0) is 10.8 Å². The third kappa shape index (κ3) is 8.05. The molecule has 0 saturated heterocycles. The van der Waals surface area contributed by atoms with Crippen LogP contribution < -0.4 is 29.2 Å². The number of hydrogen-bond donors (Lipinski definition) is 3. The van der Waals surface area contributed by atoms with Crippen LogP contribution in [0.1, 0.15) is 91.3 Å². The molecule has 11 rings (SSSR count). The number of benzene rings is 6. The van der Waals surface area contributed by atoms with Crippen LogP contribution in [0.4, 0.5) is 34.1 Å². The Bertz CT molecular complexity index is 2890. The average Bonchev–Trinajstić information content (AvgIpc) is 3.75. The first-order valence-electron chi connectivity index (χ1n) is 23.5. The van der Waals surface area contributed by atoms with Gasteiger partial charge < -0.3 is 29.4 Å².